The van der Waals surface area contributed by atoms with Crippen molar-refractivity contribution in [3.63, 3.8) is 0 Å². The van der Waals surface area contributed by atoms with E-state index in [0.717, 1.165) is 24.2 Å². The Morgan fingerprint density at radius 2 is 2.15 bits per heavy atom. The third kappa shape index (κ3) is 2.96. The number of nitrogens with one attached hydrogen (secondary N) is 1. The van der Waals surface area contributed by atoms with Crippen LogP contribution in [0.2, 0.25) is 0 Å². The standard InChI is InChI=1S/C16H23FN2O/c1-11-7-8-19(10-16(11)20)15-4-2-3-14(17)13(15)9-18-12-5-6-12/h2-4,11-12,16,18,20H,5-10H2,1H3. The zero-order valence-corrected chi connectivity index (χ0v) is 12.0. The van der Waals surface area contributed by atoms with Gasteiger partial charge in [0.05, 0.1) is 6.10 Å². The molecule has 4 heteroatoms. The van der Waals surface area contributed by atoms with Gasteiger partial charge in [0, 0.05) is 36.9 Å². The molecule has 1 aromatic rings. The Balaban J connectivity index is 1.78. The number of aliphatic hydroxyl groups is 1. The van der Waals surface area contributed by atoms with E-state index in [4.69, 9.17) is 0 Å². The third-order valence-electron chi connectivity index (χ3n) is 4.50. The first-order chi connectivity index (χ1) is 9.65. The molecule has 20 heavy (non-hydrogen) atoms. The number of benzene rings is 1. The van der Waals surface area contributed by atoms with E-state index < -0.39 is 0 Å². The van der Waals surface area contributed by atoms with Gasteiger partial charge in [-0.1, -0.05) is 13.0 Å². The van der Waals surface area contributed by atoms with Crippen molar-refractivity contribution in [1.82, 2.24) is 5.32 Å². The lowest BCUT2D eigenvalue weighted by Crippen LogP contribution is -2.43. The van der Waals surface area contributed by atoms with E-state index >= 15 is 0 Å². The maximum absolute atomic E-state index is 14.1. The summed E-state index contributed by atoms with van der Waals surface area (Å²) in [4.78, 5) is 2.12. The minimum Gasteiger partial charge on any atom is -0.391 e. The zero-order chi connectivity index (χ0) is 14.1. The van der Waals surface area contributed by atoms with Gasteiger partial charge in [-0.05, 0) is 37.3 Å². The second-order valence-electron chi connectivity index (χ2n) is 6.17. The first-order valence-electron chi connectivity index (χ1n) is 7.59. The minimum absolute atomic E-state index is 0.149. The molecule has 3 rings (SSSR count). The Labute approximate surface area is 119 Å². The van der Waals surface area contributed by atoms with Crippen LogP contribution in [-0.2, 0) is 6.54 Å². The normalized spacial score (nSPS) is 26.9. The topological polar surface area (TPSA) is 35.5 Å². The second-order valence-corrected chi connectivity index (χ2v) is 6.17. The number of nitrogens with zero attached hydrogens (tertiary/aromatic N) is 1. The van der Waals surface area contributed by atoms with Gasteiger partial charge >= 0.3 is 0 Å². The van der Waals surface area contributed by atoms with Crippen LogP contribution in [0.3, 0.4) is 0 Å². The Kier molecular flexibility index (Phi) is 3.94. The predicted molar refractivity (Wildman–Crippen MR) is 78.3 cm³/mol. The van der Waals surface area contributed by atoms with Crippen LogP contribution in [0.1, 0.15) is 31.7 Å². The van der Waals surface area contributed by atoms with Gasteiger partial charge in [-0.3, -0.25) is 0 Å². The molecule has 1 aliphatic heterocycles. The van der Waals surface area contributed by atoms with Crippen LogP contribution in [-0.4, -0.2) is 30.3 Å². The molecule has 0 bridgehead atoms. The fourth-order valence-electron chi connectivity index (χ4n) is 2.82. The van der Waals surface area contributed by atoms with Gasteiger partial charge in [0.2, 0.25) is 0 Å². The summed E-state index contributed by atoms with van der Waals surface area (Å²) in [6.07, 6.45) is 3.02. The summed E-state index contributed by atoms with van der Waals surface area (Å²) in [5.74, 6) is 0.177. The molecule has 0 amide bonds. The molecule has 1 aromatic carbocycles. The molecule has 110 valence electrons. The highest BCUT2D eigenvalue weighted by Crippen LogP contribution is 2.29. The summed E-state index contributed by atoms with van der Waals surface area (Å²) in [5.41, 5.74) is 1.67. The van der Waals surface area contributed by atoms with Crippen LogP contribution in [0.25, 0.3) is 0 Å². The van der Waals surface area contributed by atoms with Crippen LogP contribution in [0, 0.1) is 11.7 Å². The number of rotatable bonds is 4. The lowest BCUT2D eigenvalue weighted by Gasteiger charge is -2.37. The predicted octanol–water partition coefficient (Wildman–Crippen LogP) is 2.28. The van der Waals surface area contributed by atoms with Gasteiger partial charge in [0.1, 0.15) is 5.82 Å². The number of piperidine rings is 1. The molecule has 0 spiro atoms. The molecule has 3 nitrogen and oxygen atoms in total. The number of halogens is 1. The average Bonchev–Trinajstić information content (AvgIpc) is 3.24. The van der Waals surface area contributed by atoms with Crippen molar-refractivity contribution < 1.29 is 9.50 Å². The number of β-amino-alcohol motifs (C(OH)–C–C–N with tert-alkyl or cyclic N) is 1. The lowest BCUT2D eigenvalue weighted by atomic mass is 9.95. The Hall–Kier alpha value is -1.13. The SMILES string of the molecule is CC1CCN(c2cccc(F)c2CNC2CC2)CC1O. The molecule has 1 aliphatic carbocycles. The molecule has 0 aromatic heterocycles. The smallest absolute Gasteiger partial charge is 0.129 e. The van der Waals surface area contributed by atoms with Gasteiger partial charge in [0.15, 0.2) is 0 Å². The van der Waals surface area contributed by atoms with Gasteiger partial charge in [-0.25, -0.2) is 4.39 Å². The molecule has 2 fully saturated rings. The van der Waals surface area contributed by atoms with Crippen molar-refractivity contribution in [3.05, 3.63) is 29.6 Å². The monoisotopic (exact) mass is 278 g/mol. The van der Waals surface area contributed by atoms with Crippen LogP contribution < -0.4 is 10.2 Å². The number of anilines is 1. The van der Waals surface area contributed by atoms with E-state index in [-0.39, 0.29) is 11.9 Å². The van der Waals surface area contributed by atoms with Crippen LogP contribution >= 0.6 is 0 Å². The summed E-state index contributed by atoms with van der Waals surface area (Å²) in [6.45, 7) is 4.14. The van der Waals surface area contributed by atoms with Crippen molar-refractivity contribution in [2.45, 2.75) is 44.9 Å². The van der Waals surface area contributed by atoms with Gasteiger partial charge in [0.25, 0.3) is 0 Å². The van der Waals surface area contributed by atoms with Gasteiger partial charge < -0.3 is 15.3 Å². The van der Waals surface area contributed by atoms with Crippen molar-refractivity contribution in [1.29, 1.82) is 0 Å². The summed E-state index contributed by atoms with van der Waals surface area (Å²) in [7, 11) is 0. The Morgan fingerprint density at radius 1 is 1.35 bits per heavy atom. The largest absolute Gasteiger partial charge is 0.391 e. The molecule has 0 radical (unpaired) electrons. The highest BCUT2D eigenvalue weighted by molar-refractivity contribution is 5.54. The lowest BCUT2D eigenvalue weighted by molar-refractivity contribution is 0.103. The number of aliphatic hydroxyl groups excluding tert-OH is 1. The number of hydrogen-bond donors (Lipinski definition) is 2. The molecule has 1 saturated heterocycles. The zero-order valence-electron chi connectivity index (χ0n) is 12.0. The molecule has 1 heterocycles. The molecule has 2 unspecified atom stereocenters. The first-order valence-corrected chi connectivity index (χ1v) is 7.59. The van der Waals surface area contributed by atoms with Crippen molar-refractivity contribution >= 4 is 5.69 Å². The number of hydrogen-bond acceptors (Lipinski definition) is 3. The summed E-state index contributed by atoms with van der Waals surface area (Å²) < 4.78 is 14.1. The summed E-state index contributed by atoms with van der Waals surface area (Å²) in [5, 5.41) is 13.4. The fourth-order valence-corrected chi connectivity index (χ4v) is 2.82. The van der Waals surface area contributed by atoms with Gasteiger partial charge in [-0.2, -0.15) is 0 Å². The average molecular weight is 278 g/mol. The van der Waals surface area contributed by atoms with E-state index in [1.165, 1.54) is 18.9 Å². The van der Waals surface area contributed by atoms with Crippen LogP contribution in [0.4, 0.5) is 10.1 Å². The minimum atomic E-state index is -0.323. The Bertz CT molecular complexity index is 476. The van der Waals surface area contributed by atoms with E-state index in [1.807, 2.05) is 6.07 Å². The van der Waals surface area contributed by atoms with Crippen LogP contribution in [0.5, 0.6) is 0 Å². The van der Waals surface area contributed by atoms with E-state index in [9.17, 15) is 9.50 Å². The molecule has 2 aliphatic rings. The third-order valence-corrected chi connectivity index (χ3v) is 4.50. The van der Waals surface area contributed by atoms with E-state index in [1.54, 1.807) is 6.07 Å². The molecular formula is C16H23FN2O. The Morgan fingerprint density at radius 3 is 2.85 bits per heavy atom. The molecule has 2 N–H and O–H groups in total. The second kappa shape index (κ2) is 5.70. The van der Waals surface area contributed by atoms with Crippen molar-refractivity contribution in [2.75, 3.05) is 18.0 Å². The molecule has 2 atom stereocenters. The fraction of sp³-hybridized carbons (Fsp3) is 0.625. The first kappa shape index (κ1) is 13.8. The van der Waals surface area contributed by atoms with Crippen LogP contribution in [0.15, 0.2) is 18.2 Å². The van der Waals surface area contributed by atoms with E-state index in [0.29, 0.717) is 25.0 Å². The summed E-state index contributed by atoms with van der Waals surface area (Å²) >= 11 is 0. The molecule has 1 saturated carbocycles. The maximum Gasteiger partial charge on any atom is 0.129 e. The van der Waals surface area contributed by atoms with E-state index in [2.05, 4.69) is 17.1 Å². The molecular weight excluding hydrogens is 255 g/mol. The maximum atomic E-state index is 14.1. The van der Waals surface area contributed by atoms with Crippen molar-refractivity contribution in [3.8, 4) is 0 Å². The van der Waals surface area contributed by atoms with Crippen molar-refractivity contribution in [2.24, 2.45) is 5.92 Å². The quantitative estimate of drug-likeness (QED) is 0.887. The highest BCUT2D eigenvalue weighted by atomic mass is 19.1. The summed E-state index contributed by atoms with van der Waals surface area (Å²) in [6, 6.07) is 5.82. The highest BCUT2D eigenvalue weighted by Gasteiger charge is 2.27. The van der Waals surface area contributed by atoms with Gasteiger partial charge in [-0.15, -0.1) is 0 Å².